The van der Waals surface area contributed by atoms with Crippen LogP contribution in [-0.2, 0) is 11.3 Å². The molecule has 0 fully saturated rings. The van der Waals surface area contributed by atoms with Gasteiger partial charge in [0, 0.05) is 24.7 Å². The fourth-order valence-corrected chi connectivity index (χ4v) is 2.16. The largest absolute Gasteiger partial charge is 0.481 e. The molecule has 1 aromatic carbocycles. The van der Waals surface area contributed by atoms with Gasteiger partial charge in [-0.1, -0.05) is 32.0 Å². The molecule has 112 valence electrons. The number of aliphatic carboxylic acids is 1. The topological polar surface area (TPSA) is 52.6 Å². The average molecular weight is 278 g/mol. The first-order valence-corrected chi connectivity index (χ1v) is 7.35. The molecule has 2 N–H and O–H groups in total. The Morgan fingerprint density at radius 3 is 2.55 bits per heavy atom. The highest BCUT2D eigenvalue weighted by molar-refractivity contribution is 5.66. The Hall–Kier alpha value is -1.55. The zero-order chi connectivity index (χ0) is 15.0. The zero-order valence-electron chi connectivity index (χ0n) is 12.7. The number of anilines is 1. The van der Waals surface area contributed by atoms with Gasteiger partial charge in [-0.3, -0.25) is 9.69 Å². The van der Waals surface area contributed by atoms with Gasteiger partial charge in [-0.05, 0) is 38.1 Å². The minimum Gasteiger partial charge on any atom is -0.481 e. The van der Waals surface area contributed by atoms with Crippen molar-refractivity contribution in [3.63, 3.8) is 0 Å². The number of carboxylic acid groups (broad SMARTS) is 1. The van der Waals surface area contributed by atoms with Crippen LogP contribution in [0.1, 0.15) is 39.2 Å². The highest BCUT2D eigenvalue weighted by Crippen LogP contribution is 2.19. The van der Waals surface area contributed by atoms with Crippen LogP contribution in [0.2, 0.25) is 0 Å². The molecule has 0 aliphatic rings. The molecule has 20 heavy (non-hydrogen) atoms. The number of rotatable bonds is 9. The van der Waals surface area contributed by atoms with Crippen LogP contribution in [0.3, 0.4) is 0 Å². The van der Waals surface area contributed by atoms with Crippen LogP contribution in [0.5, 0.6) is 0 Å². The Kier molecular flexibility index (Phi) is 7.09. The molecule has 4 heteroatoms. The van der Waals surface area contributed by atoms with Crippen molar-refractivity contribution in [3.05, 3.63) is 29.8 Å². The first-order chi connectivity index (χ1) is 9.56. The monoisotopic (exact) mass is 278 g/mol. The first kappa shape index (κ1) is 16.5. The Labute approximate surface area is 121 Å². The van der Waals surface area contributed by atoms with Gasteiger partial charge in [-0.15, -0.1) is 0 Å². The molecule has 0 amide bonds. The molecule has 1 unspecified atom stereocenters. The fourth-order valence-electron chi connectivity index (χ4n) is 2.16. The normalized spacial score (nSPS) is 12.4. The molecule has 0 radical (unpaired) electrons. The summed E-state index contributed by atoms with van der Waals surface area (Å²) in [7, 11) is 0. The molecule has 0 heterocycles. The van der Waals surface area contributed by atoms with Crippen LogP contribution in [-0.4, -0.2) is 35.1 Å². The number of hydrogen-bond donors (Lipinski definition) is 2. The van der Waals surface area contributed by atoms with Crippen molar-refractivity contribution >= 4 is 11.7 Å². The van der Waals surface area contributed by atoms with E-state index in [9.17, 15) is 4.79 Å². The van der Waals surface area contributed by atoms with Gasteiger partial charge >= 0.3 is 5.97 Å². The third-order valence-electron chi connectivity index (χ3n) is 3.50. The average Bonchev–Trinajstić information content (AvgIpc) is 2.44. The summed E-state index contributed by atoms with van der Waals surface area (Å²) in [6.07, 6.45) is 0.835. The summed E-state index contributed by atoms with van der Waals surface area (Å²) < 4.78 is 0. The van der Waals surface area contributed by atoms with Gasteiger partial charge in [0.25, 0.3) is 0 Å². The lowest BCUT2D eigenvalue weighted by Gasteiger charge is -2.22. The number of para-hydroxylation sites is 1. The standard InChI is InChI=1S/C16H26N2O2/c1-4-18(5-2)12-14-8-6-7-9-15(14)17-13(3)10-11-16(19)20/h6-9,13,17H,4-5,10-12H2,1-3H3,(H,19,20). The molecule has 1 atom stereocenters. The summed E-state index contributed by atoms with van der Waals surface area (Å²) in [5.41, 5.74) is 2.37. The molecule has 4 nitrogen and oxygen atoms in total. The Balaban J connectivity index is 2.67. The van der Waals surface area contributed by atoms with Crippen molar-refractivity contribution in [2.24, 2.45) is 0 Å². The Bertz CT molecular complexity index is 417. The third-order valence-corrected chi connectivity index (χ3v) is 3.50. The molecule has 0 saturated carbocycles. The first-order valence-electron chi connectivity index (χ1n) is 7.35. The molecular formula is C16H26N2O2. The second-order valence-corrected chi connectivity index (χ2v) is 5.10. The number of nitrogens with zero attached hydrogens (tertiary/aromatic N) is 1. The highest BCUT2D eigenvalue weighted by atomic mass is 16.4. The van der Waals surface area contributed by atoms with Crippen LogP contribution >= 0.6 is 0 Å². The summed E-state index contributed by atoms with van der Waals surface area (Å²) in [6, 6.07) is 8.41. The van der Waals surface area contributed by atoms with E-state index in [-0.39, 0.29) is 12.5 Å². The van der Waals surface area contributed by atoms with Crippen molar-refractivity contribution in [2.75, 3.05) is 18.4 Å². The lowest BCUT2D eigenvalue weighted by molar-refractivity contribution is -0.137. The molecule has 0 spiro atoms. The maximum absolute atomic E-state index is 10.6. The lowest BCUT2D eigenvalue weighted by atomic mass is 10.1. The smallest absolute Gasteiger partial charge is 0.303 e. The van der Waals surface area contributed by atoms with Crippen LogP contribution in [0.4, 0.5) is 5.69 Å². The van der Waals surface area contributed by atoms with Gasteiger partial charge in [0.05, 0.1) is 0 Å². The minimum absolute atomic E-state index is 0.156. The predicted molar refractivity (Wildman–Crippen MR) is 83.0 cm³/mol. The third kappa shape index (κ3) is 5.61. The molecule has 0 aromatic heterocycles. The number of benzene rings is 1. The molecule has 1 aromatic rings. The number of carboxylic acids is 1. The minimum atomic E-state index is -0.741. The molecule has 0 bridgehead atoms. The predicted octanol–water partition coefficient (Wildman–Crippen LogP) is 3.19. The van der Waals surface area contributed by atoms with Crippen molar-refractivity contribution in [2.45, 2.75) is 46.2 Å². The quantitative estimate of drug-likeness (QED) is 0.728. The van der Waals surface area contributed by atoms with Crippen LogP contribution < -0.4 is 5.32 Å². The highest BCUT2D eigenvalue weighted by Gasteiger charge is 2.09. The molecule has 1 rings (SSSR count). The second-order valence-electron chi connectivity index (χ2n) is 5.10. The van der Waals surface area contributed by atoms with Crippen LogP contribution in [0.15, 0.2) is 24.3 Å². The van der Waals surface area contributed by atoms with Gasteiger partial charge in [-0.25, -0.2) is 0 Å². The Morgan fingerprint density at radius 1 is 1.30 bits per heavy atom. The van der Waals surface area contributed by atoms with E-state index in [2.05, 4.69) is 36.2 Å². The summed E-state index contributed by atoms with van der Waals surface area (Å²) in [4.78, 5) is 13.0. The number of hydrogen-bond acceptors (Lipinski definition) is 3. The van der Waals surface area contributed by atoms with E-state index in [1.165, 1.54) is 5.56 Å². The van der Waals surface area contributed by atoms with Gasteiger partial charge < -0.3 is 10.4 Å². The molecule has 0 aliphatic heterocycles. The maximum Gasteiger partial charge on any atom is 0.303 e. The van der Waals surface area contributed by atoms with E-state index in [1.807, 2.05) is 19.1 Å². The molecule has 0 aliphatic carbocycles. The summed E-state index contributed by atoms with van der Waals surface area (Å²) in [6.45, 7) is 9.32. The van der Waals surface area contributed by atoms with Gasteiger partial charge in [0.2, 0.25) is 0 Å². The summed E-state index contributed by atoms with van der Waals surface area (Å²) in [5.74, 6) is -0.741. The van der Waals surface area contributed by atoms with Gasteiger partial charge in [-0.2, -0.15) is 0 Å². The van der Waals surface area contributed by atoms with Crippen LogP contribution in [0.25, 0.3) is 0 Å². The van der Waals surface area contributed by atoms with Gasteiger partial charge in [0.1, 0.15) is 0 Å². The molecular weight excluding hydrogens is 252 g/mol. The van der Waals surface area contributed by atoms with Crippen LogP contribution in [0, 0.1) is 0 Å². The van der Waals surface area contributed by atoms with E-state index in [1.54, 1.807) is 0 Å². The molecule has 0 saturated heterocycles. The summed E-state index contributed by atoms with van der Waals surface area (Å²) >= 11 is 0. The fraction of sp³-hybridized carbons (Fsp3) is 0.562. The van der Waals surface area contributed by atoms with Gasteiger partial charge in [0.15, 0.2) is 0 Å². The van der Waals surface area contributed by atoms with E-state index in [0.29, 0.717) is 6.42 Å². The van der Waals surface area contributed by atoms with E-state index in [0.717, 1.165) is 25.3 Å². The number of nitrogens with one attached hydrogen (secondary N) is 1. The van der Waals surface area contributed by atoms with Crippen molar-refractivity contribution in [1.29, 1.82) is 0 Å². The van der Waals surface area contributed by atoms with Crippen molar-refractivity contribution in [3.8, 4) is 0 Å². The second kappa shape index (κ2) is 8.59. The lowest BCUT2D eigenvalue weighted by Crippen LogP contribution is -2.24. The van der Waals surface area contributed by atoms with E-state index in [4.69, 9.17) is 5.11 Å². The Morgan fingerprint density at radius 2 is 1.95 bits per heavy atom. The SMILES string of the molecule is CCN(CC)Cc1ccccc1NC(C)CCC(=O)O. The van der Waals surface area contributed by atoms with Crippen molar-refractivity contribution in [1.82, 2.24) is 4.90 Å². The van der Waals surface area contributed by atoms with E-state index >= 15 is 0 Å². The maximum atomic E-state index is 10.6. The van der Waals surface area contributed by atoms with Crippen molar-refractivity contribution < 1.29 is 9.90 Å². The number of carbonyl (C=O) groups is 1. The summed E-state index contributed by atoms with van der Waals surface area (Å²) in [5, 5.41) is 12.2. The zero-order valence-corrected chi connectivity index (χ0v) is 12.7. The van der Waals surface area contributed by atoms with E-state index < -0.39 is 5.97 Å².